The van der Waals surface area contributed by atoms with Gasteiger partial charge in [0.15, 0.2) is 5.78 Å². The lowest BCUT2D eigenvalue weighted by Crippen LogP contribution is -2.35. The van der Waals surface area contributed by atoms with Crippen LogP contribution in [0.25, 0.3) is 0 Å². The Balaban J connectivity index is 1.73. The van der Waals surface area contributed by atoms with Crippen LogP contribution in [0.2, 0.25) is 0 Å². The third-order valence-corrected chi connectivity index (χ3v) is 5.32. The largest absolute Gasteiger partial charge is 0.312 e. The third kappa shape index (κ3) is 3.60. The lowest BCUT2D eigenvalue weighted by Gasteiger charge is -2.26. The molecule has 3 nitrogen and oxygen atoms in total. The molecule has 1 saturated carbocycles. The van der Waals surface area contributed by atoms with Crippen LogP contribution in [0, 0.1) is 5.92 Å². The number of carbonyl (C=O) groups is 2. The maximum Gasteiger partial charge on any atom is 0.230 e. The number of Topliss-reactive ketones (excluding diaryl/α,β-unsaturated/α-hetero) is 1. The van der Waals surface area contributed by atoms with Gasteiger partial charge in [-0.1, -0.05) is 19.3 Å². The van der Waals surface area contributed by atoms with Crippen molar-refractivity contribution in [3.63, 3.8) is 0 Å². The number of nitrogens with zero attached hydrogens (tertiary/aromatic N) is 1. The molecule has 23 heavy (non-hydrogen) atoms. The second-order valence-corrected chi connectivity index (χ2v) is 7.01. The van der Waals surface area contributed by atoms with E-state index in [0.29, 0.717) is 18.7 Å². The Bertz CT molecular complexity index is 593. The van der Waals surface area contributed by atoms with Crippen molar-refractivity contribution in [3.8, 4) is 0 Å². The molecule has 1 aromatic rings. The number of rotatable bonds is 5. The molecule has 1 heterocycles. The number of amides is 1. The summed E-state index contributed by atoms with van der Waals surface area (Å²) >= 11 is 5.66. The monoisotopic (exact) mass is 333 g/mol. The molecule has 0 unspecified atom stereocenters. The standard InChI is InChI=1S/C19H24ClNO2/c20-11-4-7-18(22)16-8-9-17-15(13-16)10-12-21(17)19(23)14-5-2-1-3-6-14/h8-9,13-14H,1-7,10-12H2. The average Bonchev–Trinajstić information content (AvgIpc) is 3.02. The second kappa shape index (κ2) is 7.48. The van der Waals surface area contributed by atoms with Gasteiger partial charge in [-0.25, -0.2) is 0 Å². The molecule has 0 spiro atoms. The molecule has 2 aliphatic rings. The molecule has 4 heteroatoms. The van der Waals surface area contributed by atoms with Crippen molar-refractivity contribution in [2.24, 2.45) is 5.92 Å². The van der Waals surface area contributed by atoms with Crippen molar-refractivity contribution in [2.45, 2.75) is 51.4 Å². The highest BCUT2D eigenvalue weighted by atomic mass is 35.5. The molecule has 124 valence electrons. The molecule has 1 aliphatic heterocycles. The summed E-state index contributed by atoms with van der Waals surface area (Å²) in [7, 11) is 0. The van der Waals surface area contributed by atoms with Gasteiger partial charge in [0.05, 0.1) is 0 Å². The van der Waals surface area contributed by atoms with E-state index < -0.39 is 0 Å². The van der Waals surface area contributed by atoms with E-state index >= 15 is 0 Å². The molecule has 3 rings (SSSR count). The molecular formula is C19H24ClNO2. The Kier molecular flexibility index (Phi) is 5.37. The number of anilines is 1. The Morgan fingerprint density at radius 1 is 1.17 bits per heavy atom. The number of hydrogen-bond acceptors (Lipinski definition) is 2. The summed E-state index contributed by atoms with van der Waals surface area (Å²) in [6.07, 6.45) is 7.71. The molecule has 0 bridgehead atoms. The molecule has 0 radical (unpaired) electrons. The summed E-state index contributed by atoms with van der Waals surface area (Å²) in [6, 6.07) is 5.79. The van der Waals surface area contributed by atoms with Gasteiger partial charge in [-0.3, -0.25) is 9.59 Å². The first-order chi connectivity index (χ1) is 11.2. The number of benzene rings is 1. The van der Waals surface area contributed by atoms with Gasteiger partial charge in [-0.2, -0.15) is 0 Å². The van der Waals surface area contributed by atoms with E-state index in [9.17, 15) is 9.59 Å². The van der Waals surface area contributed by atoms with Crippen LogP contribution in [-0.2, 0) is 11.2 Å². The van der Waals surface area contributed by atoms with E-state index in [4.69, 9.17) is 11.6 Å². The molecule has 1 aromatic carbocycles. The van der Waals surface area contributed by atoms with Crippen LogP contribution < -0.4 is 4.90 Å². The average molecular weight is 334 g/mol. The van der Waals surface area contributed by atoms with Gasteiger partial charge in [-0.15, -0.1) is 11.6 Å². The normalized spacial score (nSPS) is 18.0. The first-order valence-corrected chi connectivity index (χ1v) is 9.27. The van der Waals surface area contributed by atoms with Crippen molar-refractivity contribution in [1.82, 2.24) is 0 Å². The Morgan fingerprint density at radius 3 is 2.70 bits per heavy atom. The first kappa shape index (κ1) is 16.5. The van der Waals surface area contributed by atoms with Crippen molar-refractivity contribution in [1.29, 1.82) is 0 Å². The molecular weight excluding hydrogens is 310 g/mol. The first-order valence-electron chi connectivity index (χ1n) is 8.74. The number of ketones is 1. The topological polar surface area (TPSA) is 37.4 Å². The fraction of sp³-hybridized carbons (Fsp3) is 0.579. The molecule has 1 amide bonds. The molecule has 0 N–H and O–H groups in total. The van der Waals surface area contributed by atoms with Crippen LogP contribution in [0.4, 0.5) is 5.69 Å². The second-order valence-electron chi connectivity index (χ2n) is 6.63. The SMILES string of the molecule is O=C(CCCCl)c1ccc2c(c1)CCN2C(=O)C1CCCCC1. The van der Waals surface area contributed by atoms with Gasteiger partial charge in [0.25, 0.3) is 0 Å². The van der Waals surface area contributed by atoms with Gasteiger partial charge in [0.2, 0.25) is 5.91 Å². The highest BCUT2D eigenvalue weighted by molar-refractivity contribution is 6.18. The van der Waals surface area contributed by atoms with Gasteiger partial charge in [0, 0.05) is 36.0 Å². The molecule has 0 saturated heterocycles. The summed E-state index contributed by atoms with van der Waals surface area (Å²) in [4.78, 5) is 26.8. The number of alkyl halides is 1. The summed E-state index contributed by atoms with van der Waals surface area (Å²) in [5, 5.41) is 0. The lowest BCUT2D eigenvalue weighted by molar-refractivity contribution is -0.123. The van der Waals surface area contributed by atoms with E-state index in [-0.39, 0.29) is 17.6 Å². The van der Waals surface area contributed by atoms with Gasteiger partial charge < -0.3 is 4.90 Å². The van der Waals surface area contributed by atoms with Gasteiger partial charge >= 0.3 is 0 Å². The van der Waals surface area contributed by atoms with Crippen LogP contribution in [-0.4, -0.2) is 24.1 Å². The Morgan fingerprint density at radius 2 is 1.96 bits per heavy atom. The summed E-state index contributed by atoms with van der Waals surface area (Å²) < 4.78 is 0. The van der Waals surface area contributed by atoms with Crippen molar-refractivity contribution in [2.75, 3.05) is 17.3 Å². The fourth-order valence-electron chi connectivity index (χ4n) is 3.75. The minimum Gasteiger partial charge on any atom is -0.312 e. The van der Waals surface area contributed by atoms with E-state index in [1.54, 1.807) is 0 Å². The number of fused-ring (bicyclic) bond motifs is 1. The van der Waals surface area contributed by atoms with Gasteiger partial charge in [-0.05, 0) is 49.4 Å². The van der Waals surface area contributed by atoms with Crippen LogP contribution >= 0.6 is 11.6 Å². The van der Waals surface area contributed by atoms with Crippen LogP contribution in [0.15, 0.2) is 18.2 Å². The highest BCUT2D eigenvalue weighted by Crippen LogP contribution is 2.33. The van der Waals surface area contributed by atoms with Gasteiger partial charge in [0.1, 0.15) is 0 Å². The summed E-state index contributed by atoms with van der Waals surface area (Å²) in [5.74, 6) is 1.13. The van der Waals surface area contributed by atoms with Crippen molar-refractivity contribution in [3.05, 3.63) is 29.3 Å². The van der Waals surface area contributed by atoms with Crippen molar-refractivity contribution >= 4 is 29.0 Å². The predicted molar refractivity (Wildman–Crippen MR) is 93.4 cm³/mol. The Labute approximate surface area is 143 Å². The van der Waals surface area contributed by atoms with Crippen molar-refractivity contribution < 1.29 is 9.59 Å². The van der Waals surface area contributed by atoms with Crippen LogP contribution in [0.3, 0.4) is 0 Å². The quantitative estimate of drug-likeness (QED) is 0.593. The lowest BCUT2D eigenvalue weighted by atomic mass is 9.88. The summed E-state index contributed by atoms with van der Waals surface area (Å²) in [6.45, 7) is 0.754. The van der Waals surface area contributed by atoms with E-state index in [0.717, 1.165) is 42.6 Å². The van der Waals surface area contributed by atoms with Crippen LogP contribution in [0.1, 0.15) is 60.9 Å². The fourth-order valence-corrected chi connectivity index (χ4v) is 3.88. The molecule has 0 atom stereocenters. The van der Waals surface area contributed by atoms with E-state index in [1.807, 2.05) is 23.1 Å². The van der Waals surface area contributed by atoms with Crippen LogP contribution in [0.5, 0.6) is 0 Å². The summed E-state index contributed by atoms with van der Waals surface area (Å²) in [5.41, 5.74) is 2.89. The Hall–Kier alpha value is -1.35. The zero-order valence-electron chi connectivity index (χ0n) is 13.5. The van der Waals surface area contributed by atoms with E-state index in [2.05, 4.69) is 0 Å². The number of carbonyl (C=O) groups excluding carboxylic acids is 2. The zero-order chi connectivity index (χ0) is 16.2. The smallest absolute Gasteiger partial charge is 0.230 e. The maximum absolute atomic E-state index is 12.8. The number of hydrogen-bond donors (Lipinski definition) is 0. The zero-order valence-corrected chi connectivity index (χ0v) is 14.3. The van der Waals surface area contributed by atoms with E-state index in [1.165, 1.54) is 19.3 Å². The maximum atomic E-state index is 12.8. The predicted octanol–water partition coefficient (Wildman–Crippen LogP) is 4.36. The molecule has 1 aliphatic carbocycles. The molecule has 0 aromatic heterocycles. The third-order valence-electron chi connectivity index (χ3n) is 5.05. The molecule has 1 fully saturated rings. The number of halogens is 1. The highest BCUT2D eigenvalue weighted by Gasteiger charge is 2.31. The minimum atomic E-state index is 0.144. The minimum absolute atomic E-state index is 0.144.